The molecule has 3 atom stereocenters. The van der Waals surface area contributed by atoms with Crippen molar-refractivity contribution < 1.29 is 19.6 Å². The van der Waals surface area contributed by atoms with Crippen molar-refractivity contribution in [3.8, 4) is 0 Å². The van der Waals surface area contributed by atoms with Crippen LogP contribution in [0.5, 0.6) is 0 Å². The number of amides is 1. The highest BCUT2D eigenvalue weighted by Crippen LogP contribution is 2.30. The average molecular weight is 334 g/mol. The van der Waals surface area contributed by atoms with Crippen LogP contribution < -0.4 is 0 Å². The minimum Gasteiger partial charge on any atom is -0.597 e. The molecule has 0 aliphatic carbocycles. The molecule has 1 fully saturated rings. The van der Waals surface area contributed by atoms with Crippen molar-refractivity contribution in [1.29, 1.82) is 0 Å². The van der Waals surface area contributed by atoms with E-state index in [9.17, 15) is 14.5 Å². The van der Waals surface area contributed by atoms with E-state index in [4.69, 9.17) is 5.11 Å². The van der Waals surface area contributed by atoms with Crippen molar-refractivity contribution in [3.63, 3.8) is 0 Å². The fraction of sp³-hybridized carbons (Fsp3) is 0.933. The van der Waals surface area contributed by atoms with Gasteiger partial charge in [0.2, 0.25) is 0 Å². The highest BCUT2D eigenvalue weighted by Gasteiger charge is 2.40. The number of rotatable bonds is 5. The van der Waals surface area contributed by atoms with Gasteiger partial charge in [0, 0.05) is 24.5 Å². The van der Waals surface area contributed by atoms with E-state index in [0.29, 0.717) is 25.6 Å². The Bertz CT molecular complexity index is 365. The zero-order valence-electron chi connectivity index (χ0n) is 14.3. The predicted molar refractivity (Wildman–Crippen MR) is 88.1 cm³/mol. The van der Waals surface area contributed by atoms with Gasteiger partial charge in [0.25, 0.3) is 0 Å². The number of aliphatic hydroxyl groups excluding tert-OH is 1. The summed E-state index contributed by atoms with van der Waals surface area (Å²) in [5.41, 5.74) is 0. The Hall–Kier alpha value is -0.500. The molecule has 1 rings (SSSR count). The van der Waals surface area contributed by atoms with E-state index in [-0.39, 0.29) is 10.8 Å². The third-order valence-electron chi connectivity index (χ3n) is 4.13. The Balaban J connectivity index is 2.76. The summed E-state index contributed by atoms with van der Waals surface area (Å²) in [5.74, 6) is 0.292. The third-order valence-corrected chi connectivity index (χ3v) is 6.08. The van der Waals surface area contributed by atoms with Gasteiger partial charge >= 0.3 is 6.09 Å². The second-order valence-corrected chi connectivity index (χ2v) is 9.35. The van der Waals surface area contributed by atoms with E-state index in [0.717, 1.165) is 12.8 Å². The van der Waals surface area contributed by atoms with Crippen molar-refractivity contribution in [3.05, 3.63) is 0 Å². The largest absolute Gasteiger partial charge is 0.597 e. The van der Waals surface area contributed by atoms with Crippen LogP contribution in [-0.2, 0) is 11.4 Å². The van der Waals surface area contributed by atoms with Crippen LogP contribution in [-0.4, -0.2) is 66.6 Å². The molecule has 0 bridgehead atoms. The summed E-state index contributed by atoms with van der Waals surface area (Å²) in [5, 5.41) is 18.8. The molecule has 1 aliphatic rings. The lowest BCUT2D eigenvalue weighted by Gasteiger charge is -2.41. The van der Waals surface area contributed by atoms with Gasteiger partial charge in [-0.05, 0) is 53.4 Å². The summed E-state index contributed by atoms with van der Waals surface area (Å²) in [7, 11) is 0. The summed E-state index contributed by atoms with van der Waals surface area (Å²) in [6.07, 6.45) is 0.119. The van der Waals surface area contributed by atoms with E-state index in [1.54, 1.807) is 6.92 Å². The lowest BCUT2D eigenvalue weighted by Crippen LogP contribution is -2.53. The van der Waals surface area contributed by atoms with Gasteiger partial charge in [-0.2, -0.15) is 0 Å². The van der Waals surface area contributed by atoms with Crippen molar-refractivity contribution >= 4 is 17.5 Å². The van der Waals surface area contributed by atoms with Gasteiger partial charge in [-0.3, -0.25) is 0 Å². The fourth-order valence-electron chi connectivity index (χ4n) is 2.81. The summed E-state index contributed by atoms with van der Waals surface area (Å²) in [6, 6.07) is 0.0469. The van der Waals surface area contributed by atoms with E-state index < -0.39 is 23.6 Å². The molecule has 6 nitrogen and oxygen atoms in total. The molecule has 0 aromatic heterocycles. The van der Waals surface area contributed by atoms with Crippen molar-refractivity contribution in [2.45, 2.75) is 64.4 Å². The molecule has 0 aromatic carbocycles. The van der Waals surface area contributed by atoms with Gasteiger partial charge in [-0.15, -0.1) is 4.31 Å². The van der Waals surface area contributed by atoms with Gasteiger partial charge in [0.15, 0.2) is 0 Å². The number of hydrogen-bond acceptors (Lipinski definition) is 4. The quantitative estimate of drug-likeness (QED) is 0.750. The maximum Gasteiger partial charge on any atom is 0.407 e. The number of aliphatic hydroxyl groups is 1. The maximum atomic E-state index is 12.8. The molecule has 1 heterocycles. The van der Waals surface area contributed by atoms with Gasteiger partial charge in [0.1, 0.15) is 4.75 Å². The number of carbonyl (C=O) groups is 1. The molecule has 22 heavy (non-hydrogen) atoms. The van der Waals surface area contributed by atoms with Gasteiger partial charge in [0.05, 0.1) is 18.7 Å². The molecule has 0 radical (unpaired) electrons. The standard InChI is InChI=1S/C15H30N2O4S/c1-11(18)10-17(22(21)15(3,4)5)12(2)13-6-8-16(9-7-13)14(19)20/h11-13,18H,6-10H2,1-5H3,(H,19,20)/t11-,12-,22-/m0/s1. The molecule has 1 amide bonds. The van der Waals surface area contributed by atoms with Crippen LogP contribution in [0.4, 0.5) is 4.79 Å². The number of nitrogens with zero attached hydrogens (tertiary/aromatic N) is 2. The number of hydrogen-bond donors (Lipinski definition) is 2. The summed E-state index contributed by atoms with van der Waals surface area (Å²) >= 11 is -1.20. The van der Waals surface area contributed by atoms with Crippen LogP contribution in [0.2, 0.25) is 0 Å². The Labute approximate surface area is 136 Å². The molecular formula is C15H30N2O4S. The molecule has 1 aliphatic heterocycles. The van der Waals surface area contributed by atoms with E-state index >= 15 is 0 Å². The lowest BCUT2D eigenvalue weighted by atomic mass is 9.90. The average Bonchev–Trinajstić information content (AvgIpc) is 2.42. The second kappa shape index (κ2) is 7.86. The summed E-state index contributed by atoms with van der Waals surface area (Å²) in [6.45, 7) is 10.9. The fourth-order valence-corrected chi connectivity index (χ4v) is 4.33. The first-order valence-electron chi connectivity index (χ1n) is 7.88. The molecule has 0 unspecified atom stereocenters. The van der Waals surface area contributed by atoms with Gasteiger partial charge in [-0.25, -0.2) is 4.79 Å². The van der Waals surface area contributed by atoms with E-state index in [1.807, 2.05) is 32.0 Å². The SMILES string of the molecule is C[C@H](O)CN([C@@H](C)C1CCN(C(=O)O)CC1)[S@@+]([O-])C(C)(C)C. The molecular weight excluding hydrogens is 304 g/mol. The van der Waals surface area contributed by atoms with Crippen LogP contribution in [0, 0.1) is 5.92 Å². The Morgan fingerprint density at radius 2 is 1.86 bits per heavy atom. The summed E-state index contributed by atoms with van der Waals surface area (Å²) < 4.78 is 14.3. The predicted octanol–water partition coefficient (Wildman–Crippen LogP) is 1.91. The second-order valence-electron chi connectivity index (χ2n) is 7.16. The van der Waals surface area contributed by atoms with Crippen LogP contribution in [0.3, 0.4) is 0 Å². The monoisotopic (exact) mass is 334 g/mol. The first-order chi connectivity index (χ1) is 10.0. The van der Waals surface area contributed by atoms with Crippen LogP contribution in [0.15, 0.2) is 0 Å². The topological polar surface area (TPSA) is 87.1 Å². The maximum absolute atomic E-state index is 12.8. The zero-order valence-corrected chi connectivity index (χ0v) is 15.1. The van der Waals surface area contributed by atoms with Crippen molar-refractivity contribution in [2.24, 2.45) is 5.92 Å². The van der Waals surface area contributed by atoms with Crippen LogP contribution in [0.25, 0.3) is 0 Å². The number of piperidine rings is 1. The molecule has 2 N–H and O–H groups in total. The van der Waals surface area contributed by atoms with Crippen LogP contribution in [0.1, 0.15) is 47.5 Å². The van der Waals surface area contributed by atoms with Gasteiger partial charge < -0.3 is 19.7 Å². The third kappa shape index (κ3) is 5.30. The molecule has 0 aromatic rings. The molecule has 0 saturated carbocycles. The lowest BCUT2D eigenvalue weighted by molar-refractivity contribution is 0.0946. The number of carboxylic acid groups (broad SMARTS) is 1. The normalized spacial score (nSPS) is 21.7. The van der Waals surface area contributed by atoms with E-state index in [1.165, 1.54) is 4.90 Å². The van der Waals surface area contributed by atoms with Gasteiger partial charge in [-0.1, -0.05) is 0 Å². The smallest absolute Gasteiger partial charge is 0.407 e. The minimum atomic E-state index is -1.20. The van der Waals surface area contributed by atoms with Crippen molar-refractivity contribution in [2.75, 3.05) is 19.6 Å². The molecule has 7 heteroatoms. The zero-order chi connectivity index (χ0) is 17.1. The highest BCUT2D eigenvalue weighted by molar-refractivity contribution is 7.90. The first-order valence-corrected chi connectivity index (χ1v) is 8.99. The van der Waals surface area contributed by atoms with Crippen LogP contribution >= 0.6 is 0 Å². The highest BCUT2D eigenvalue weighted by atomic mass is 32.2. The molecule has 1 saturated heterocycles. The minimum absolute atomic E-state index is 0.0469. The Morgan fingerprint density at radius 1 is 1.36 bits per heavy atom. The first kappa shape index (κ1) is 19.5. The van der Waals surface area contributed by atoms with Crippen molar-refractivity contribution in [1.82, 2.24) is 9.21 Å². The molecule has 130 valence electrons. The van der Waals surface area contributed by atoms with E-state index in [2.05, 4.69) is 0 Å². The number of likely N-dealkylation sites (tertiary alicyclic amines) is 1. The molecule has 0 spiro atoms. The Morgan fingerprint density at radius 3 is 2.23 bits per heavy atom. The summed E-state index contributed by atoms with van der Waals surface area (Å²) in [4.78, 5) is 12.4. The Kier molecular flexibility index (Phi) is 6.98.